The number of rotatable bonds is 8. The van der Waals surface area contributed by atoms with E-state index in [2.05, 4.69) is 11.0 Å². The van der Waals surface area contributed by atoms with E-state index in [-0.39, 0.29) is 6.42 Å². The summed E-state index contributed by atoms with van der Waals surface area (Å²) in [6.07, 6.45) is 7.07. The Morgan fingerprint density at radius 3 is 2.62 bits per heavy atom. The minimum Gasteiger partial charge on any atom is -0.481 e. The van der Waals surface area contributed by atoms with E-state index >= 15 is 0 Å². The highest BCUT2D eigenvalue weighted by molar-refractivity contribution is 6.31. The maximum atomic E-state index is 10.6. The van der Waals surface area contributed by atoms with Crippen LogP contribution in [-0.2, 0) is 11.3 Å². The van der Waals surface area contributed by atoms with Crippen LogP contribution < -0.4 is 0 Å². The van der Waals surface area contributed by atoms with E-state index in [4.69, 9.17) is 16.7 Å². The van der Waals surface area contributed by atoms with Crippen LogP contribution in [0.25, 0.3) is 0 Å². The Balaban J connectivity index is 1.92. The number of unbranched alkanes of at least 4 members (excludes halogenated alkanes) is 1. The average Bonchev–Trinajstić information content (AvgIpc) is 2.98. The molecule has 116 valence electrons. The smallest absolute Gasteiger partial charge is 0.303 e. The quantitative estimate of drug-likeness (QED) is 0.726. The van der Waals surface area contributed by atoms with Gasteiger partial charge in [0, 0.05) is 24.0 Å². The molecule has 0 bridgehead atoms. The number of benzene rings is 1. The summed E-state index contributed by atoms with van der Waals surface area (Å²) >= 11 is 6.27. The molecule has 0 atom stereocenters. The SMILES string of the molecule is O=C(O)CCCCN(Cc1ccccc1Cl)C1CCCC1. The number of carboxylic acid groups (broad SMARTS) is 1. The number of carboxylic acids is 1. The van der Waals surface area contributed by atoms with Crippen molar-refractivity contribution in [1.29, 1.82) is 0 Å². The van der Waals surface area contributed by atoms with Gasteiger partial charge in [-0.1, -0.05) is 42.6 Å². The fourth-order valence-electron chi connectivity index (χ4n) is 3.10. The van der Waals surface area contributed by atoms with Gasteiger partial charge in [0.1, 0.15) is 0 Å². The maximum absolute atomic E-state index is 10.6. The summed E-state index contributed by atoms with van der Waals surface area (Å²) in [4.78, 5) is 13.1. The van der Waals surface area contributed by atoms with Crippen molar-refractivity contribution in [3.63, 3.8) is 0 Å². The van der Waals surface area contributed by atoms with E-state index in [0.717, 1.165) is 31.0 Å². The van der Waals surface area contributed by atoms with E-state index in [1.54, 1.807) is 0 Å². The summed E-state index contributed by atoms with van der Waals surface area (Å²) in [5, 5.41) is 9.56. The molecule has 1 aliphatic rings. The lowest BCUT2D eigenvalue weighted by Crippen LogP contribution is -2.33. The number of hydrogen-bond acceptors (Lipinski definition) is 2. The molecule has 1 aromatic carbocycles. The van der Waals surface area contributed by atoms with Crippen LogP contribution in [0.2, 0.25) is 5.02 Å². The molecule has 0 amide bonds. The second-order valence-corrected chi connectivity index (χ2v) is 6.26. The van der Waals surface area contributed by atoms with E-state index < -0.39 is 5.97 Å². The number of carbonyl (C=O) groups is 1. The molecule has 1 fully saturated rings. The second-order valence-electron chi connectivity index (χ2n) is 5.85. The van der Waals surface area contributed by atoms with E-state index in [1.165, 1.54) is 31.2 Å². The van der Waals surface area contributed by atoms with Gasteiger partial charge in [0.2, 0.25) is 0 Å². The van der Waals surface area contributed by atoms with Crippen LogP contribution >= 0.6 is 11.6 Å². The van der Waals surface area contributed by atoms with Crippen LogP contribution in [0.5, 0.6) is 0 Å². The van der Waals surface area contributed by atoms with Gasteiger partial charge in [-0.15, -0.1) is 0 Å². The van der Waals surface area contributed by atoms with Gasteiger partial charge in [0.25, 0.3) is 0 Å². The van der Waals surface area contributed by atoms with Crippen molar-refractivity contribution in [1.82, 2.24) is 4.90 Å². The second kappa shape index (κ2) is 8.40. The third-order valence-corrected chi connectivity index (χ3v) is 4.63. The molecule has 0 spiro atoms. The molecule has 0 aromatic heterocycles. The van der Waals surface area contributed by atoms with Gasteiger partial charge in [0.15, 0.2) is 0 Å². The number of hydrogen-bond donors (Lipinski definition) is 1. The van der Waals surface area contributed by atoms with Gasteiger partial charge >= 0.3 is 5.97 Å². The number of aliphatic carboxylic acids is 1. The molecule has 1 aliphatic carbocycles. The fraction of sp³-hybridized carbons (Fsp3) is 0.588. The first kappa shape index (κ1) is 16.3. The van der Waals surface area contributed by atoms with Crippen LogP contribution in [0, 0.1) is 0 Å². The molecule has 0 saturated heterocycles. The summed E-state index contributed by atoms with van der Waals surface area (Å²) in [5.41, 5.74) is 1.17. The predicted octanol–water partition coefficient (Wildman–Crippen LogP) is 4.34. The normalized spacial score (nSPS) is 15.7. The highest BCUT2D eigenvalue weighted by Crippen LogP contribution is 2.27. The van der Waals surface area contributed by atoms with Crippen molar-refractivity contribution >= 4 is 17.6 Å². The van der Waals surface area contributed by atoms with Gasteiger partial charge < -0.3 is 5.11 Å². The first-order valence-electron chi connectivity index (χ1n) is 7.86. The number of nitrogens with zero attached hydrogens (tertiary/aromatic N) is 1. The Bertz CT molecular complexity index is 458. The molecule has 0 heterocycles. The molecular weight excluding hydrogens is 286 g/mol. The van der Waals surface area contributed by atoms with Gasteiger partial charge in [-0.2, -0.15) is 0 Å². The average molecular weight is 310 g/mol. The lowest BCUT2D eigenvalue weighted by atomic mass is 10.1. The topological polar surface area (TPSA) is 40.5 Å². The van der Waals surface area contributed by atoms with Crippen LogP contribution in [0.15, 0.2) is 24.3 Å². The summed E-state index contributed by atoms with van der Waals surface area (Å²) in [5.74, 6) is -0.700. The molecule has 1 aromatic rings. The highest BCUT2D eigenvalue weighted by atomic mass is 35.5. The van der Waals surface area contributed by atoms with Gasteiger partial charge in [-0.3, -0.25) is 9.69 Å². The van der Waals surface area contributed by atoms with Gasteiger partial charge in [-0.25, -0.2) is 0 Å². The Morgan fingerprint density at radius 2 is 1.95 bits per heavy atom. The zero-order valence-corrected chi connectivity index (χ0v) is 13.2. The molecule has 1 N–H and O–H groups in total. The lowest BCUT2D eigenvalue weighted by Gasteiger charge is -2.29. The van der Waals surface area contributed by atoms with Crippen molar-refractivity contribution in [3.8, 4) is 0 Å². The first-order valence-corrected chi connectivity index (χ1v) is 8.24. The molecule has 2 rings (SSSR count). The summed E-state index contributed by atoms with van der Waals surface area (Å²) in [6.45, 7) is 1.83. The monoisotopic (exact) mass is 309 g/mol. The number of halogens is 1. The molecule has 0 radical (unpaired) electrons. The standard InChI is InChI=1S/C17H24ClNO2/c18-16-10-4-1-7-14(16)13-19(15-8-2-3-9-15)12-6-5-11-17(20)21/h1,4,7,10,15H,2-3,5-6,8-9,11-13H2,(H,20,21). The van der Waals surface area contributed by atoms with Crippen LogP contribution in [0.3, 0.4) is 0 Å². The summed E-state index contributed by atoms with van der Waals surface area (Å²) in [7, 11) is 0. The van der Waals surface area contributed by atoms with Crippen molar-refractivity contribution < 1.29 is 9.90 Å². The van der Waals surface area contributed by atoms with E-state index in [1.807, 2.05) is 18.2 Å². The van der Waals surface area contributed by atoms with Crippen molar-refractivity contribution in [2.75, 3.05) is 6.54 Å². The summed E-state index contributed by atoms with van der Waals surface area (Å²) in [6, 6.07) is 8.64. The van der Waals surface area contributed by atoms with Crippen molar-refractivity contribution in [3.05, 3.63) is 34.9 Å². The molecular formula is C17H24ClNO2. The molecule has 0 aliphatic heterocycles. The van der Waals surface area contributed by atoms with Gasteiger partial charge in [-0.05, 0) is 43.9 Å². The largest absolute Gasteiger partial charge is 0.481 e. The van der Waals surface area contributed by atoms with Crippen LogP contribution in [0.1, 0.15) is 50.5 Å². The molecule has 3 nitrogen and oxygen atoms in total. The minimum atomic E-state index is -0.700. The summed E-state index contributed by atoms with van der Waals surface area (Å²) < 4.78 is 0. The third kappa shape index (κ3) is 5.33. The zero-order valence-electron chi connectivity index (χ0n) is 12.4. The predicted molar refractivity (Wildman–Crippen MR) is 85.6 cm³/mol. The molecule has 1 saturated carbocycles. The third-order valence-electron chi connectivity index (χ3n) is 4.26. The van der Waals surface area contributed by atoms with Crippen LogP contribution in [0.4, 0.5) is 0 Å². The van der Waals surface area contributed by atoms with Crippen molar-refractivity contribution in [2.45, 2.75) is 57.5 Å². The van der Waals surface area contributed by atoms with E-state index in [0.29, 0.717) is 6.04 Å². The fourth-order valence-corrected chi connectivity index (χ4v) is 3.29. The Hall–Kier alpha value is -1.06. The Labute approximate surface area is 131 Å². The zero-order chi connectivity index (χ0) is 15.1. The molecule has 4 heteroatoms. The first-order chi connectivity index (χ1) is 10.2. The highest BCUT2D eigenvalue weighted by Gasteiger charge is 2.22. The molecule has 0 unspecified atom stereocenters. The maximum Gasteiger partial charge on any atom is 0.303 e. The van der Waals surface area contributed by atoms with Gasteiger partial charge in [0.05, 0.1) is 0 Å². The van der Waals surface area contributed by atoms with Crippen LogP contribution in [-0.4, -0.2) is 28.6 Å². The minimum absolute atomic E-state index is 0.268. The Morgan fingerprint density at radius 1 is 1.24 bits per heavy atom. The van der Waals surface area contributed by atoms with Crippen molar-refractivity contribution in [2.24, 2.45) is 0 Å². The van der Waals surface area contributed by atoms with E-state index in [9.17, 15) is 4.79 Å². The molecule has 21 heavy (non-hydrogen) atoms. The Kier molecular flexibility index (Phi) is 6.52. The lowest BCUT2D eigenvalue weighted by molar-refractivity contribution is -0.137.